The van der Waals surface area contributed by atoms with Crippen LogP contribution in [0.1, 0.15) is 36.1 Å². The predicted molar refractivity (Wildman–Crippen MR) is 139 cm³/mol. The van der Waals surface area contributed by atoms with Crippen molar-refractivity contribution in [3.63, 3.8) is 0 Å². The number of benzene rings is 2. The Morgan fingerprint density at radius 1 is 1.00 bits per heavy atom. The van der Waals surface area contributed by atoms with E-state index in [1.165, 1.54) is 11.1 Å². The number of hydrogen-bond donors (Lipinski definition) is 1. The van der Waals surface area contributed by atoms with Gasteiger partial charge in [0.15, 0.2) is 11.5 Å². The quantitative estimate of drug-likeness (QED) is 0.550. The van der Waals surface area contributed by atoms with E-state index in [1.54, 1.807) is 4.90 Å². The molecular weight excluding hydrogens is 454 g/mol. The van der Waals surface area contributed by atoms with Gasteiger partial charge in [0.1, 0.15) is 6.04 Å². The van der Waals surface area contributed by atoms with Crippen LogP contribution in [0, 0.1) is 6.92 Å². The van der Waals surface area contributed by atoms with Gasteiger partial charge in [-0.1, -0.05) is 42.5 Å². The lowest BCUT2D eigenvalue weighted by atomic mass is 9.91. The van der Waals surface area contributed by atoms with Gasteiger partial charge in [-0.05, 0) is 61.2 Å². The second-order valence-corrected chi connectivity index (χ2v) is 8.95. The van der Waals surface area contributed by atoms with Gasteiger partial charge in [-0.15, -0.1) is 0 Å². The molecule has 188 valence electrons. The summed E-state index contributed by atoms with van der Waals surface area (Å²) in [5.41, 5.74) is 4.74. The Morgan fingerprint density at radius 2 is 1.69 bits per heavy atom. The van der Waals surface area contributed by atoms with E-state index in [1.807, 2.05) is 44.2 Å². The maximum Gasteiger partial charge on any atom is 0.243 e. The Kier molecular flexibility index (Phi) is 8.10. The third-order valence-corrected chi connectivity index (χ3v) is 6.30. The molecule has 1 fully saturated rings. The summed E-state index contributed by atoms with van der Waals surface area (Å²) < 4.78 is 12.9. The van der Waals surface area contributed by atoms with Crippen molar-refractivity contribution in [2.75, 3.05) is 13.3 Å². The Hall–Kier alpha value is -4.00. The van der Waals surface area contributed by atoms with E-state index >= 15 is 0 Å². The van der Waals surface area contributed by atoms with Crippen LogP contribution in [-0.2, 0) is 29.1 Å². The SMILES string of the molecule is C/C=C\C.Cc1ccn(Cc2ccccc2)c1.O=C1NCC(=O)N2Cc3cc4c(cc3CC12)OCO4. The first-order valence-corrected chi connectivity index (χ1v) is 12.2. The van der Waals surface area contributed by atoms with E-state index in [-0.39, 0.29) is 25.2 Å². The van der Waals surface area contributed by atoms with Crippen LogP contribution in [0.15, 0.2) is 73.1 Å². The number of piperazine rings is 1. The van der Waals surface area contributed by atoms with Crippen LogP contribution in [0.25, 0.3) is 0 Å². The number of rotatable bonds is 2. The number of nitrogens with one attached hydrogen (secondary N) is 1. The van der Waals surface area contributed by atoms with Gasteiger partial charge in [0.25, 0.3) is 0 Å². The van der Waals surface area contributed by atoms with Gasteiger partial charge in [0.05, 0.1) is 6.54 Å². The smallest absolute Gasteiger partial charge is 0.243 e. The number of aromatic nitrogens is 1. The lowest BCUT2D eigenvalue weighted by Gasteiger charge is -2.39. The van der Waals surface area contributed by atoms with Crippen molar-refractivity contribution in [1.82, 2.24) is 14.8 Å². The van der Waals surface area contributed by atoms with E-state index in [4.69, 9.17) is 9.47 Å². The fraction of sp³-hybridized carbons (Fsp3) is 0.310. The van der Waals surface area contributed by atoms with Crippen LogP contribution >= 0.6 is 0 Å². The second kappa shape index (κ2) is 11.6. The van der Waals surface area contributed by atoms with E-state index in [9.17, 15) is 9.59 Å². The summed E-state index contributed by atoms with van der Waals surface area (Å²) in [6, 6.07) is 16.1. The molecule has 2 amide bonds. The van der Waals surface area contributed by atoms with Crippen LogP contribution in [-0.4, -0.2) is 40.7 Å². The van der Waals surface area contributed by atoms with Crippen LogP contribution in [0.3, 0.4) is 0 Å². The van der Waals surface area contributed by atoms with Crippen molar-refractivity contribution in [3.8, 4) is 11.5 Å². The topological polar surface area (TPSA) is 72.8 Å². The second-order valence-electron chi connectivity index (χ2n) is 8.95. The van der Waals surface area contributed by atoms with Crippen LogP contribution in [0.2, 0.25) is 0 Å². The largest absolute Gasteiger partial charge is 0.454 e. The maximum atomic E-state index is 11.9. The van der Waals surface area contributed by atoms with Crippen LogP contribution < -0.4 is 14.8 Å². The average Bonchev–Trinajstić information content (AvgIpc) is 3.53. The third-order valence-electron chi connectivity index (χ3n) is 6.30. The van der Waals surface area contributed by atoms with Crippen molar-refractivity contribution in [3.05, 3.63) is 95.3 Å². The number of allylic oxidation sites excluding steroid dienone is 2. The molecule has 0 spiro atoms. The summed E-state index contributed by atoms with van der Waals surface area (Å²) in [7, 11) is 0. The third kappa shape index (κ3) is 5.97. The molecular formula is C29H33N3O4. The highest BCUT2D eigenvalue weighted by Crippen LogP contribution is 2.38. The number of aryl methyl sites for hydroxylation is 1. The standard InChI is InChI=1S/C13H12N2O4.C12H13N.C4H8/c16-12-4-14-13(17)9-1-7-2-10-11(19-6-18-10)3-8(7)5-15(9)12;1-11-7-8-13(9-11)10-12-5-3-2-4-6-12;1-3-4-2/h2-3,9H,1,4-6H2,(H,14,17);2-9H,10H2,1H3;3-4H,1-2H3/b;;4-3-. The highest BCUT2D eigenvalue weighted by molar-refractivity contribution is 5.95. The molecule has 1 atom stereocenters. The number of nitrogens with zero attached hydrogens (tertiary/aromatic N) is 2. The Labute approximate surface area is 212 Å². The molecule has 3 aliphatic heterocycles. The first-order chi connectivity index (χ1) is 17.5. The van der Waals surface area contributed by atoms with Gasteiger partial charge < -0.3 is 24.3 Å². The van der Waals surface area contributed by atoms with Crippen LogP contribution in [0.5, 0.6) is 11.5 Å². The molecule has 2 aromatic carbocycles. The lowest BCUT2D eigenvalue weighted by Crippen LogP contribution is -2.60. The number of carbonyl (C=O) groups is 2. The van der Waals surface area contributed by atoms with Crippen LogP contribution in [0.4, 0.5) is 0 Å². The average molecular weight is 488 g/mol. The summed E-state index contributed by atoms with van der Waals surface area (Å²) in [6.45, 7) is 7.86. The van der Waals surface area contributed by atoms with E-state index in [0.717, 1.165) is 23.4 Å². The number of hydrogen-bond acceptors (Lipinski definition) is 4. The monoisotopic (exact) mass is 487 g/mol. The van der Waals surface area contributed by atoms with Gasteiger partial charge in [-0.2, -0.15) is 0 Å². The summed E-state index contributed by atoms with van der Waals surface area (Å²) in [5, 5.41) is 2.63. The molecule has 0 aliphatic carbocycles. The zero-order valence-electron chi connectivity index (χ0n) is 21.1. The number of fused-ring (bicyclic) bond motifs is 3. The molecule has 0 bridgehead atoms. The molecule has 1 aromatic heterocycles. The summed E-state index contributed by atoms with van der Waals surface area (Å²) >= 11 is 0. The Morgan fingerprint density at radius 3 is 2.33 bits per heavy atom. The molecule has 4 heterocycles. The van der Waals surface area contributed by atoms with Crippen molar-refractivity contribution < 1.29 is 19.1 Å². The Balaban J connectivity index is 0.000000156. The molecule has 36 heavy (non-hydrogen) atoms. The van der Waals surface area contributed by atoms with Crippen molar-refractivity contribution in [2.45, 2.75) is 46.3 Å². The van der Waals surface area contributed by atoms with Gasteiger partial charge in [-0.3, -0.25) is 9.59 Å². The molecule has 3 aromatic rings. The minimum Gasteiger partial charge on any atom is -0.454 e. The molecule has 1 unspecified atom stereocenters. The van der Waals surface area contributed by atoms with E-state index in [2.05, 4.69) is 59.5 Å². The van der Waals surface area contributed by atoms with Gasteiger partial charge in [-0.25, -0.2) is 0 Å². The molecule has 7 heteroatoms. The fourth-order valence-electron chi connectivity index (χ4n) is 4.31. The lowest BCUT2D eigenvalue weighted by molar-refractivity contribution is -0.146. The molecule has 0 radical (unpaired) electrons. The molecule has 7 nitrogen and oxygen atoms in total. The minimum atomic E-state index is -0.394. The van der Waals surface area contributed by atoms with E-state index in [0.29, 0.717) is 18.7 Å². The summed E-state index contributed by atoms with van der Waals surface area (Å²) in [5.74, 6) is 1.32. The molecule has 6 rings (SSSR count). The van der Waals surface area contributed by atoms with Crippen molar-refractivity contribution >= 4 is 11.8 Å². The first kappa shape index (κ1) is 25.1. The van der Waals surface area contributed by atoms with E-state index < -0.39 is 6.04 Å². The van der Waals surface area contributed by atoms with Crippen molar-refractivity contribution in [1.29, 1.82) is 0 Å². The normalized spacial score (nSPS) is 17.3. The zero-order chi connectivity index (χ0) is 25.5. The highest BCUT2D eigenvalue weighted by Gasteiger charge is 2.38. The van der Waals surface area contributed by atoms with Gasteiger partial charge in [0, 0.05) is 31.9 Å². The summed E-state index contributed by atoms with van der Waals surface area (Å²) in [6.07, 6.45) is 8.80. The summed E-state index contributed by atoms with van der Waals surface area (Å²) in [4.78, 5) is 25.4. The predicted octanol–water partition coefficient (Wildman–Crippen LogP) is 4.23. The zero-order valence-corrected chi connectivity index (χ0v) is 21.1. The Bertz CT molecular complexity index is 1180. The highest BCUT2D eigenvalue weighted by atomic mass is 16.7. The number of ether oxygens (including phenoxy) is 2. The van der Waals surface area contributed by atoms with Gasteiger partial charge >= 0.3 is 0 Å². The minimum absolute atomic E-state index is 0.0343. The van der Waals surface area contributed by atoms with Gasteiger partial charge in [0.2, 0.25) is 18.6 Å². The molecule has 3 aliphatic rings. The molecule has 1 saturated heterocycles. The first-order valence-electron chi connectivity index (χ1n) is 12.2. The number of carbonyl (C=O) groups excluding carboxylic acids is 2. The number of amides is 2. The van der Waals surface area contributed by atoms with Crippen molar-refractivity contribution in [2.24, 2.45) is 0 Å². The fourth-order valence-corrected chi connectivity index (χ4v) is 4.31. The maximum absolute atomic E-state index is 11.9. The molecule has 1 N–H and O–H groups in total. The molecule has 0 saturated carbocycles.